The molecule has 2 N–H and O–H groups in total. The van der Waals surface area contributed by atoms with Crippen LogP contribution in [0.15, 0.2) is 67.3 Å². The van der Waals surface area contributed by atoms with Crippen molar-refractivity contribution in [2.75, 3.05) is 17.3 Å². The zero-order valence-electron chi connectivity index (χ0n) is 17.2. The van der Waals surface area contributed by atoms with Crippen LogP contribution < -0.4 is 10.2 Å². The molecule has 4 rings (SSSR count). The molecule has 0 aliphatic heterocycles. The number of benzene rings is 2. The summed E-state index contributed by atoms with van der Waals surface area (Å²) in [6.45, 7) is 3.57. The maximum absolute atomic E-state index is 12.2. The van der Waals surface area contributed by atoms with Gasteiger partial charge in [-0.15, -0.1) is 0 Å². The van der Waals surface area contributed by atoms with Crippen LogP contribution in [0.25, 0.3) is 0 Å². The number of nitrogens with one attached hydrogen (secondary N) is 1. The molecule has 1 amide bonds. The lowest BCUT2D eigenvalue weighted by Crippen LogP contribution is -2.24. The second kappa shape index (κ2) is 8.16. The first-order valence-corrected chi connectivity index (χ1v) is 10.1. The molecule has 0 saturated heterocycles. The average Bonchev–Trinajstić information content (AvgIpc) is 3.56. The second-order valence-corrected chi connectivity index (χ2v) is 7.71. The number of rotatable bonds is 7. The Hall–Kier alpha value is -3.38. The van der Waals surface area contributed by atoms with Crippen molar-refractivity contribution in [2.45, 2.75) is 24.9 Å². The summed E-state index contributed by atoms with van der Waals surface area (Å²) in [7, 11) is 3.60. The van der Waals surface area contributed by atoms with Gasteiger partial charge in [-0.25, -0.2) is 0 Å². The Bertz CT molecular complexity index is 1070. The van der Waals surface area contributed by atoms with Gasteiger partial charge in [-0.1, -0.05) is 36.9 Å². The summed E-state index contributed by atoms with van der Waals surface area (Å²) < 4.78 is 1.83. The van der Waals surface area contributed by atoms with E-state index in [9.17, 15) is 9.90 Å². The predicted octanol–water partition coefficient (Wildman–Crippen LogP) is 4.27. The smallest absolute Gasteiger partial charge is 0.250 e. The van der Waals surface area contributed by atoms with E-state index in [-0.39, 0.29) is 5.91 Å². The molecule has 154 valence electrons. The molecule has 1 fully saturated rings. The van der Waals surface area contributed by atoms with Gasteiger partial charge < -0.3 is 15.3 Å². The fourth-order valence-corrected chi connectivity index (χ4v) is 3.48. The molecule has 6 heteroatoms. The number of aliphatic hydroxyl groups is 1. The molecule has 1 atom stereocenters. The van der Waals surface area contributed by atoms with Crippen molar-refractivity contribution in [1.82, 2.24) is 9.78 Å². The summed E-state index contributed by atoms with van der Waals surface area (Å²) in [6, 6.07) is 17.1. The SMILES string of the molecule is C=CC(=O)N(C)c1cc(Nc2cc(C3CC3)nn2C)cc(C(O)c2ccccc2)c1. The third-order valence-electron chi connectivity index (χ3n) is 5.43. The van der Waals surface area contributed by atoms with Gasteiger partial charge in [0, 0.05) is 37.5 Å². The number of nitrogens with zero attached hydrogens (tertiary/aromatic N) is 3. The van der Waals surface area contributed by atoms with Crippen molar-refractivity contribution >= 4 is 23.1 Å². The third-order valence-corrected chi connectivity index (χ3v) is 5.43. The molecule has 2 aromatic carbocycles. The van der Waals surface area contributed by atoms with Crippen molar-refractivity contribution in [3.05, 3.63) is 84.1 Å². The number of carbonyl (C=O) groups excluding carboxylic acids is 1. The summed E-state index contributed by atoms with van der Waals surface area (Å²) >= 11 is 0. The number of carbonyl (C=O) groups is 1. The number of aryl methyl sites for hydroxylation is 1. The highest BCUT2D eigenvalue weighted by Crippen LogP contribution is 2.40. The molecule has 1 heterocycles. The zero-order valence-corrected chi connectivity index (χ0v) is 17.2. The van der Waals surface area contributed by atoms with E-state index in [0.717, 1.165) is 22.8 Å². The molecular formula is C24H26N4O2. The van der Waals surface area contributed by atoms with E-state index in [1.165, 1.54) is 23.8 Å². The Morgan fingerprint density at radius 2 is 1.97 bits per heavy atom. The van der Waals surface area contributed by atoms with Crippen molar-refractivity contribution < 1.29 is 9.90 Å². The van der Waals surface area contributed by atoms with Gasteiger partial charge >= 0.3 is 0 Å². The summed E-state index contributed by atoms with van der Waals surface area (Å²) in [5, 5.41) is 19.0. The average molecular weight is 402 g/mol. The lowest BCUT2D eigenvalue weighted by Gasteiger charge is -2.20. The normalized spacial score (nSPS) is 14.2. The Kier molecular flexibility index (Phi) is 5.42. The Morgan fingerprint density at radius 3 is 2.63 bits per heavy atom. The maximum Gasteiger partial charge on any atom is 0.250 e. The maximum atomic E-state index is 12.2. The number of hydrogen-bond donors (Lipinski definition) is 2. The first-order valence-electron chi connectivity index (χ1n) is 10.1. The Balaban J connectivity index is 1.71. The predicted molar refractivity (Wildman–Crippen MR) is 119 cm³/mol. The van der Waals surface area contributed by atoms with Crippen LogP contribution in [0.5, 0.6) is 0 Å². The lowest BCUT2D eigenvalue weighted by molar-refractivity contribution is -0.113. The van der Waals surface area contributed by atoms with E-state index >= 15 is 0 Å². The van der Waals surface area contributed by atoms with E-state index in [1.54, 1.807) is 7.05 Å². The van der Waals surface area contributed by atoms with Gasteiger partial charge in [-0.3, -0.25) is 9.48 Å². The molecule has 1 aromatic heterocycles. The number of hydrogen-bond acceptors (Lipinski definition) is 4. The molecule has 1 saturated carbocycles. The first kappa shape index (κ1) is 19.9. The topological polar surface area (TPSA) is 70.4 Å². The van der Waals surface area contributed by atoms with Gasteiger partial charge in [0.05, 0.1) is 5.69 Å². The fraction of sp³-hybridized carbons (Fsp3) is 0.250. The van der Waals surface area contributed by atoms with Gasteiger partial charge in [-0.05, 0) is 48.2 Å². The molecule has 0 bridgehead atoms. The minimum absolute atomic E-state index is 0.219. The van der Waals surface area contributed by atoms with Gasteiger partial charge in [0.1, 0.15) is 11.9 Å². The first-order chi connectivity index (χ1) is 14.5. The van der Waals surface area contributed by atoms with Gasteiger partial charge in [-0.2, -0.15) is 5.10 Å². The standard InChI is InChI=1S/C24H26N4O2/c1-4-23(29)27(2)20-13-18(24(30)17-8-6-5-7-9-17)12-19(14-20)25-22-15-21(16-10-11-16)26-28(22)3/h4-9,12-16,24-25,30H,1,10-11H2,2-3H3. The van der Waals surface area contributed by atoms with Gasteiger partial charge in [0.2, 0.25) is 5.91 Å². The highest BCUT2D eigenvalue weighted by atomic mass is 16.3. The van der Waals surface area contributed by atoms with E-state index in [2.05, 4.69) is 23.1 Å². The van der Waals surface area contributed by atoms with Crippen LogP contribution in [0.2, 0.25) is 0 Å². The number of aliphatic hydroxyl groups excluding tert-OH is 1. The zero-order chi connectivity index (χ0) is 21.3. The number of aromatic nitrogens is 2. The minimum atomic E-state index is -0.813. The Labute approximate surface area is 176 Å². The van der Waals surface area contributed by atoms with Crippen molar-refractivity contribution in [1.29, 1.82) is 0 Å². The summed E-state index contributed by atoms with van der Waals surface area (Å²) in [5.41, 5.74) is 4.01. The fourth-order valence-electron chi connectivity index (χ4n) is 3.48. The molecule has 1 aliphatic carbocycles. The molecule has 6 nitrogen and oxygen atoms in total. The van der Waals surface area contributed by atoms with E-state index in [4.69, 9.17) is 0 Å². The number of amides is 1. The van der Waals surface area contributed by atoms with Crippen LogP contribution in [0.1, 0.15) is 41.7 Å². The molecule has 1 aliphatic rings. The molecule has 30 heavy (non-hydrogen) atoms. The van der Waals surface area contributed by atoms with Crippen molar-refractivity contribution in [2.24, 2.45) is 7.05 Å². The molecule has 0 spiro atoms. The minimum Gasteiger partial charge on any atom is -0.384 e. The quantitative estimate of drug-likeness (QED) is 0.579. The van der Waals surface area contributed by atoms with Crippen molar-refractivity contribution in [3.63, 3.8) is 0 Å². The highest BCUT2D eigenvalue weighted by molar-refractivity contribution is 6.01. The van der Waals surface area contributed by atoms with Gasteiger partial charge in [0.25, 0.3) is 0 Å². The van der Waals surface area contributed by atoms with Crippen LogP contribution in [0, 0.1) is 0 Å². The highest BCUT2D eigenvalue weighted by Gasteiger charge is 2.27. The van der Waals surface area contributed by atoms with E-state index in [0.29, 0.717) is 17.2 Å². The lowest BCUT2D eigenvalue weighted by atomic mass is 10.00. The molecular weight excluding hydrogens is 376 g/mol. The van der Waals surface area contributed by atoms with Crippen LogP contribution >= 0.6 is 0 Å². The molecule has 3 aromatic rings. The van der Waals surface area contributed by atoms with Crippen LogP contribution in [-0.4, -0.2) is 27.8 Å². The van der Waals surface area contributed by atoms with Crippen LogP contribution in [0.4, 0.5) is 17.2 Å². The van der Waals surface area contributed by atoms with Crippen LogP contribution in [-0.2, 0) is 11.8 Å². The van der Waals surface area contributed by atoms with Crippen LogP contribution in [0.3, 0.4) is 0 Å². The van der Waals surface area contributed by atoms with E-state index < -0.39 is 6.10 Å². The monoisotopic (exact) mass is 402 g/mol. The molecule has 0 radical (unpaired) electrons. The van der Waals surface area contributed by atoms with E-state index in [1.807, 2.05) is 60.3 Å². The number of likely N-dealkylation sites (N-methyl/N-ethyl adjacent to an activating group) is 1. The van der Waals surface area contributed by atoms with Crippen molar-refractivity contribution in [3.8, 4) is 0 Å². The second-order valence-electron chi connectivity index (χ2n) is 7.71. The Morgan fingerprint density at radius 1 is 1.23 bits per heavy atom. The van der Waals surface area contributed by atoms with Gasteiger partial charge in [0.15, 0.2) is 0 Å². The summed E-state index contributed by atoms with van der Waals surface area (Å²) in [5.74, 6) is 1.21. The largest absolute Gasteiger partial charge is 0.384 e. The third kappa shape index (κ3) is 4.14. The number of anilines is 3. The molecule has 1 unspecified atom stereocenters. The summed E-state index contributed by atoms with van der Waals surface area (Å²) in [6.07, 6.45) is 2.84. The summed E-state index contributed by atoms with van der Waals surface area (Å²) in [4.78, 5) is 13.7.